The largest absolute Gasteiger partial charge is 0.352 e. The zero-order valence-corrected chi connectivity index (χ0v) is 15.8. The molecular weight excluding hydrogens is 372 g/mol. The van der Waals surface area contributed by atoms with Crippen LogP contribution >= 0.6 is 11.3 Å². The number of imidazole rings is 1. The van der Waals surface area contributed by atoms with Gasteiger partial charge in [-0.25, -0.2) is 4.98 Å². The van der Waals surface area contributed by atoms with Crippen LogP contribution in [0.4, 0.5) is 5.69 Å². The number of benzene rings is 2. The summed E-state index contributed by atoms with van der Waals surface area (Å²) >= 11 is 1.59. The van der Waals surface area contributed by atoms with Crippen LogP contribution in [-0.2, 0) is 4.79 Å². The SMILES string of the molecule is O=C(CCNC(=O)c1ccccc1)Nc1ccc(-c2cn3ccsc3n2)cc1. The van der Waals surface area contributed by atoms with E-state index in [2.05, 4.69) is 15.6 Å². The molecule has 140 valence electrons. The maximum absolute atomic E-state index is 12.1. The summed E-state index contributed by atoms with van der Waals surface area (Å²) in [7, 11) is 0. The van der Waals surface area contributed by atoms with Gasteiger partial charge in [-0.3, -0.25) is 14.0 Å². The topological polar surface area (TPSA) is 75.5 Å². The predicted octanol–water partition coefficient (Wildman–Crippen LogP) is 3.82. The average molecular weight is 390 g/mol. The third kappa shape index (κ3) is 4.10. The molecule has 2 heterocycles. The molecule has 2 aromatic carbocycles. The highest BCUT2D eigenvalue weighted by Gasteiger charge is 2.08. The van der Waals surface area contributed by atoms with Crippen LogP contribution in [0.15, 0.2) is 72.4 Å². The van der Waals surface area contributed by atoms with Gasteiger partial charge in [0.05, 0.1) is 5.69 Å². The van der Waals surface area contributed by atoms with E-state index in [1.807, 2.05) is 52.5 Å². The van der Waals surface area contributed by atoms with E-state index < -0.39 is 0 Å². The minimum Gasteiger partial charge on any atom is -0.352 e. The molecule has 0 atom stereocenters. The summed E-state index contributed by atoms with van der Waals surface area (Å²) in [5.41, 5.74) is 3.18. The average Bonchev–Trinajstić information content (AvgIpc) is 3.31. The van der Waals surface area contributed by atoms with Crippen LogP contribution in [0, 0.1) is 0 Å². The van der Waals surface area contributed by atoms with Crippen LogP contribution in [0.1, 0.15) is 16.8 Å². The molecule has 0 aliphatic heterocycles. The Kier molecular flexibility index (Phi) is 5.16. The molecule has 0 saturated heterocycles. The first kappa shape index (κ1) is 17.9. The number of aromatic nitrogens is 2. The Hall–Kier alpha value is -3.45. The number of thiazole rings is 1. The van der Waals surface area contributed by atoms with Crippen molar-refractivity contribution in [3.05, 3.63) is 77.9 Å². The van der Waals surface area contributed by atoms with Crippen molar-refractivity contribution in [1.82, 2.24) is 14.7 Å². The summed E-state index contributed by atoms with van der Waals surface area (Å²) in [6.07, 6.45) is 4.16. The van der Waals surface area contributed by atoms with Crippen molar-refractivity contribution in [1.29, 1.82) is 0 Å². The number of nitrogens with zero attached hydrogens (tertiary/aromatic N) is 2. The van der Waals surface area contributed by atoms with Crippen LogP contribution < -0.4 is 10.6 Å². The van der Waals surface area contributed by atoms with Gasteiger partial charge in [-0.1, -0.05) is 30.3 Å². The smallest absolute Gasteiger partial charge is 0.251 e. The van der Waals surface area contributed by atoms with Crippen molar-refractivity contribution in [3.8, 4) is 11.3 Å². The molecule has 0 unspecified atom stereocenters. The molecular formula is C21H18N4O2S. The van der Waals surface area contributed by atoms with Crippen molar-refractivity contribution < 1.29 is 9.59 Å². The molecule has 0 saturated carbocycles. The Morgan fingerprint density at radius 1 is 1.04 bits per heavy atom. The molecule has 0 aliphatic carbocycles. The normalized spacial score (nSPS) is 10.7. The highest BCUT2D eigenvalue weighted by molar-refractivity contribution is 7.15. The molecule has 0 spiro atoms. The maximum atomic E-state index is 12.1. The van der Waals surface area contributed by atoms with Crippen LogP contribution in [-0.4, -0.2) is 27.7 Å². The van der Waals surface area contributed by atoms with Gasteiger partial charge < -0.3 is 10.6 Å². The molecule has 2 amide bonds. The quantitative estimate of drug-likeness (QED) is 0.525. The van der Waals surface area contributed by atoms with Gasteiger partial charge in [-0.2, -0.15) is 0 Å². The summed E-state index contributed by atoms with van der Waals surface area (Å²) in [5, 5.41) is 7.58. The zero-order valence-electron chi connectivity index (χ0n) is 15.0. The van der Waals surface area contributed by atoms with Gasteiger partial charge in [0.25, 0.3) is 5.91 Å². The van der Waals surface area contributed by atoms with Crippen LogP contribution in [0.2, 0.25) is 0 Å². The standard InChI is InChI=1S/C21H18N4O2S/c26-19(10-11-22-20(27)16-4-2-1-3-5-16)23-17-8-6-15(7-9-17)18-14-25-12-13-28-21(25)24-18/h1-9,12-14H,10-11H2,(H,22,27)(H,23,26). The lowest BCUT2D eigenvalue weighted by Crippen LogP contribution is -2.27. The Balaban J connectivity index is 1.28. The summed E-state index contributed by atoms with van der Waals surface area (Å²) < 4.78 is 1.99. The van der Waals surface area contributed by atoms with E-state index in [1.54, 1.807) is 35.6 Å². The maximum Gasteiger partial charge on any atom is 0.251 e. The number of hydrogen-bond acceptors (Lipinski definition) is 4. The summed E-state index contributed by atoms with van der Waals surface area (Å²) in [4.78, 5) is 29.6. The van der Waals surface area contributed by atoms with Crippen LogP contribution in [0.25, 0.3) is 16.2 Å². The molecule has 2 N–H and O–H groups in total. The van der Waals surface area contributed by atoms with Gasteiger partial charge in [0.2, 0.25) is 5.91 Å². The third-order valence-corrected chi connectivity index (χ3v) is 5.00. The highest BCUT2D eigenvalue weighted by Crippen LogP contribution is 2.23. The van der Waals surface area contributed by atoms with E-state index in [0.717, 1.165) is 16.2 Å². The molecule has 6 nitrogen and oxygen atoms in total. The third-order valence-electron chi connectivity index (χ3n) is 4.23. The second kappa shape index (κ2) is 8.06. The van der Waals surface area contributed by atoms with Crippen molar-refractivity contribution in [2.24, 2.45) is 0 Å². The Bertz CT molecular complexity index is 1070. The first-order valence-electron chi connectivity index (χ1n) is 8.85. The first-order valence-corrected chi connectivity index (χ1v) is 9.73. The molecule has 7 heteroatoms. The predicted molar refractivity (Wildman–Crippen MR) is 111 cm³/mol. The number of fused-ring (bicyclic) bond motifs is 1. The van der Waals surface area contributed by atoms with Crippen molar-refractivity contribution in [2.75, 3.05) is 11.9 Å². The fraction of sp³-hybridized carbons (Fsp3) is 0.0952. The first-order chi connectivity index (χ1) is 13.7. The Morgan fingerprint density at radius 3 is 2.57 bits per heavy atom. The fourth-order valence-electron chi connectivity index (χ4n) is 2.80. The number of anilines is 1. The van der Waals surface area contributed by atoms with E-state index in [1.165, 1.54) is 0 Å². The van der Waals surface area contributed by atoms with Gasteiger partial charge in [0, 0.05) is 47.6 Å². The van der Waals surface area contributed by atoms with E-state index in [0.29, 0.717) is 11.3 Å². The molecule has 28 heavy (non-hydrogen) atoms. The summed E-state index contributed by atoms with van der Waals surface area (Å²) in [5.74, 6) is -0.332. The summed E-state index contributed by atoms with van der Waals surface area (Å²) in [6, 6.07) is 16.5. The Morgan fingerprint density at radius 2 is 1.82 bits per heavy atom. The lowest BCUT2D eigenvalue weighted by molar-refractivity contribution is -0.116. The van der Waals surface area contributed by atoms with Gasteiger partial charge >= 0.3 is 0 Å². The minimum absolute atomic E-state index is 0.149. The molecule has 0 aliphatic rings. The lowest BCUT2D eigenvalue weighted by atomic mass is 10.1. The molecule has 0 bridgehead atoms. The van der Waals surface area contributed by atoms with E-state index >= 15 is 0 Å². The monoisotopic (exact) mass is 390 g/mol. The lowest BCUT2D eigenvalue weighted by Gasteiger charge is -2.07. The van der Waals surface area contributed by atoms with Gasteiger partial charge in [-0.05, 0) is 24.3 Å². The van der Waals surface area contributed by atoms with Crippen molar-refractivity contribution in [2.45, 2.75) is 6.42 Å². The minimum atomic E-state index is -0.183. The molecule has 4 rings (SSSR count). The number of amides is 2. The van der Waals surface area contributed by atoms with Crippen molar-refractivity contribution >= 4 is 33.8 Å². The number of carbonyl (C=O) groups excluding carboxylic acids is 2. The zero-order chi connectivity index (χ0) is 19.3. The van der Waals surface area contributed by atoms with E-state index in [9.17, 15) is 9.59 Å². The van der Waals surface area contributed by atoms with Gasteiger partial charge in [-0.15, -0.1) is 11.3 Å². The van der Waals surface area contributed by atoms with Crippen molar-refractivity contribution in [3.63, 3.8) is 0 Å². The fourth-order valence-corrected chi connectivity index (χ4v) is 3.50. The van der Waals surface area contributed by atoms with Gasteiger partial charge in [0.15, 0.2) is 4.96 Å². The molecule has 0 fully saturated rings. The van der Waals surface area contributed by atoms with Crippen LogP contribution in [0.5, 0.6) is 0 Å². The van der Waals surface area contributed by atoms with E-state index in [-0.39, 0.29) is 24.8 Å². The summed E-state index contributed by atoms with van der Waals surface area (Å²) in [6.45, 7) is 0.281. The van der Waals surface area contributed by atoms with E-state index in [4.69, 9.17) is 0 Å². The number of rotatable bonds is 6. The van der Waals surface area contributed by atoms with Gasteiger partial charge in [0.1, 0.15) is 0 Å². The Labute approximate surface area is 165 Å². The second-order valence-electron chi connectivity index (χ2n) is 6.22. The second-order valence-corrected chi connectivity index (χ2v) is 7.09. The number of nitrogens with one attached hydrogen (secondary N) is 2. The molecule has 2 aromatic heterocycles. The molecule has 0 radical (unpaired) electrons. The highest BCUT2D eigenvalue weighted by atomic mass is 32.1. The number of carbonyl (C=O) groups is 2. The molecule has 4 aromatic rings. The van der Waals surface area contributed by atoms with Crippen LogP contribution in [0.3, 0.4) is 0 Å². The number of hydrogen-bond donors (Lipinski definition) is 2.